The molecule has 1 aromatic rings. The maximum atomic E-state index is 5.82. The van der Waals surface area contributed by atoms with Crippen molar-refractivity contribution < 1.29 is 0 Å². The zero-order valence-corrected chi connectivity index (χ0v) is 9.09. The fourth-order valence-corrected chi connectivity index (χ4v) is 2.45. The monoisotopic (exact) mass is 203 g/mol. The normalized spacial score (nSPS) is 21.8. The Morgan fingerprint density at radius 2 is 2.20 bits per heavy atom. The van der Waals surface area contributed by atoms with Crippen LogP contribution in [0.15, 0.2) is 18.2 Å². The molecule has 0 atom stereocenters. The van der Waals surface area contributed by atoms with E-state index in [0.29, 0.717) is 5.41 Å². The topological polar surface area (TPSA) is 41.3 Å². The molecule has 1 aromatic carbocycles. The van der Waals surface area contributed by atoms with Gasteiger partial charge in [-0.1, -0.05) is 0 Å². The lowest BCUT2D eigenvalue weighted by Gasteiger charge is -2.22. The number of hydrogen-bond donors (Lipinski definition) is 2. The summed E-state index contributed by atoms with van der Waals surface area (Å²) >= 11 is 0. The van der Waals surface area contributed by atoms with Gasteiger partial charge in [0.15, 0.2) is 0 Å². The van der Waals surface area contributed by atoms with Crippen molar-refractivity contribution in [2.24, 2.45) is 5.41 Å². The number of hydrogen-bond acceptors (Lipinski definition) is 3. The summed E-state index contributed by atoms with van der Waals surface area (Å²) in [6, 6.07) is 6.11. The summed E-state index contributed by atoms with van der Waals surface area (Å²) < 4.78 is 0. The summed E-state index contributed by atoms with van der Waals surface area (Å²) in [5.41, 5.74) is 9.65. The number of nitrogen functional groups attached to an aromatic ring is 1. The Morgan fingerprint density at radius 3 is 2.93 bits per heavy atom. The molecule has 1 aliphatic heterocycles. The average molecular weight is 203 g/mol. The van der Waals surface area contributed by atoms with Crippen molar-refractivity contribution >= 4 is 17.1 Å². The van der Waals surface area contributed by atoms with Gasteiger partial charge in [-0.2, -0.15) is 0 Å². The van der Waals surface area contributed by atoms with Crippen LogP contribution in [0.2, 0.25) is 0 Å². The Bertz CT molecular complexity index is 396. The highest BCUT2D eigenvalue weighted by atomic mass is 15.2. The zero-order valence-electron chi connectivity index (χ0n) is 9.09. The first-order valence-corrected chi connectivity index (χ1v) is 5.53. The van der Waals surface area contributed by atoms with Crippen molar-refractivity contribution in [1.82, 2.24) is 0 Å². The summed E-state index contributed by atoms with van der Waals surface area (Å²) in [6.45, 7) is 2.25. The number of anilines is 3. The van der Waals surface area contributed by atoms with Gasteiger partial charge in [-0.3, -0.25) is 0 Å². The van der Waals surface area contributed by atoms with Crippen LogP contribution in [0.25, 0.3) is 0 Å². The maximum absolute atomic E-state index is 5.82. The first kappa shape index (κ1) is 8.89. The zero-order chi connectivity index (χ0) is 10.5. The van der Waals surface area contributed by atoms with Gasteiger partial charge in [0.1, 0.15) is 0 Å². The van der Waals surface area contributed by atoms with Crippen molar-refractivity contribution in [2.75, 3.05) is 36.1 Å². The molecule has 3 rings (SSSR count). The second-order valence-corrected chi connectivity index (χ2v) is 4.99. The predicted octanol–water partition coefficient (Wildman–Crippen LogP) is 1.91. The number of benzene rings is 1. The second kappa shape index (κ2) is 2.81. The summed E-state index contributed by atoms with van der Waals surface area (Å²) in [5.74, 6) is 0. The van der Waals surface area contributed by atoms with Crippen molar-refractivity contribution in [2.45, 2.75) is 12.8 Å². The molecule has 3 nitrogen and oxygen atoms in total. The molecule has 0 unspecified atom stereocenters. The average Bonchev–Trinajstić information content (AvgIpc) is 2.97. The lowest BCUT2D eigenvalue weighted by molar-refractivity contribution is 0.548. The van der Waals surface area contributed by atoms with E-state index in [2.05, 4.69) is 29.4 Å². The molecule has 0 amide bonds. The number of nitrogens with one attached hydrogen (secondary N) is 1. The second-order valence-electron chi connectivity index (χ2n) is 4.99. The molecule has 2 aliphatic rings. The van der Waals surface area contributed by atoms with Crippen LogP contribution >= 0.6 is 0 Å². The van der Waals surface area contributed by atoms with Gasteiger partial charge in [-0.15, -0.1) is 0 Å². The molecule has 3 heteroatoms. The van der Waals surface area contributed by atoms with Crippen LogP contribution in [-0.2, 0) is 0 Å². The highest BCUT2D eigenvalue weighted by Crippen LogP contribution is 2.49. The predicted molar refractivity (Wildman–Crippen MR) is 64.3 cm³/mol. The molecular weight excluding hydrogens is 186 g/mol. The summed E-state index contributed by atoms with van der Waals surface area (Å²) in [5, 5.41) is 3.54. The van der Waals surface area contributed by atoms with Crippen molar-refractivity contribution in [3.8, 4) is 0 Å². The first-order chi connectivity index (χ1) is 7.19. The Kier molecular flexibility index (Phi) is 1.67. The van der Waals surface area contributed by atoms with E-state index >= 15 is 0 Å². The smallest absolute Gasteiger partial charge is 0.0620 e. The third-order valence-corrected chi connectivity index (χ3v) is 3.62. The largest absolute Gasteiger partial charge is 0.399 e. The summed E-state index contributed by atoms with van der Waals surface area (Å²) in [4.78, 5) is 2.33. The van der Waals surface area contributed by atoms with E-state index in [4.69, 9.17) is 5.73 Å². The SMILES string of the molecule is CN1CC2(CC2)CNc2ccc(N)cc21. The van der Waals surface area contributed by atoms with E-state index in [0.717, 1.165) is 18.8 Å². The van der Waals surface area contributed by atoms with Crippen LogP contribution in [0.3, 0.4) is 0 Å². The van der Waals surface area contributed by atoms with Gasteiger partial charge >= 0.3 is 0 Å². The maximum Gasteiger partial charge on any atom is 0.0620 e. The van der Waals surface area contributed by atoms with Crippen molar-refractivity contribution in [1.29, 1.82) is 0 Å². The highest BCUT2D eigenvalue weighted by molar-refractivity contribution is 5.75. The lowest BCUT2D eigenvalue weighted by atomic mass is 10.1. The van der Waals surface area contributed by atoms with E-state index in [1.54, 1.807) is 0 Å². The van der Waals surface area contributed by atoms with Crippen LogP contribution in [0.4, 0.5) is 17.1 Å². The molecule has 1 saturated carbocycles. The van der Waals surface area contributed by atoms with Gasteiger partial charge in [-0.05, 0) is 31.0 Å². The molecule has 1 spiro atoms. The van der Waals surface area contributed by atoms with Gasteiger partial charge in [0.25, 0.3) is 0 Å². The van der Waals surface area contributed by atoms with E-state index < -0.39 is 0 Å². The van der Waals surface area contributed by atoms with E-state index in [1.165, 1.54) is 24.2 Å². The summed E-state index contributed by atoms with van der Waals surface area (Å²) in [6.07, 6.45) is 2.71. The van der Waals surface area contributed by atoms with E-state index in [9.17, 15) is 0 Å². The molecule has 1 aliphatic carbocycles. The third-order valence-electron chi connectivity index (χ3n) is 3.62. The van der Waals surface area contributed by atoms with Gasteiger partial charge in [-0.25, -0.2) is 0 Å². The molecule has 3 N–H and O–H groups in total. The molecule has 0 aromatic heterocycles. The van der Waals surface area contributed by atoms with Gasteiger partial charge in [0.05, 0.1) is 11.4 Å². The lowest BCUT2D eigenvalue weighted by Crippen LogP contribution is -2.27. The highest BCUT2D eigenvalue weighted by Gasteiger charge is 2.44. The van der Waals surface area contributed by atoms with Crippen LogP contribution in [0.5, 0.6) is 0 Å². The molecule has 15 heavy (non-hydrogen) atoms. The fraction of sp³-hybridized carbons (Fsp3) is 0.500. The first-order valence-electron chi connectivity index (χ1n) is 5.53. The van der Waals surface area contributed by atoms with Gasteiger partial charge in [0, 0.05) is 31.2 Å². The molecule has 1 heterocycles. The molecular formula is C12H17N3. The van der Waals surface area contributed by atoms with Crippen LogP contribution in [0.1, 0.15) is 12.8 Å². The van der Waals surface area contributed by atoms with Crippen molar-refractivity contribution in [3.05, 3.63) is 18.2 Å². The van der Waals surface area contributed by atoms with Crippen LogP contribution < -0.4 is 16.0 Å². The molecule has 1 fully saturated rings. The number of rotatable bonds is 0. The third kappa shape index (κ3) is 1.42. The quantitative estimate of drug-likeness (QED) is 0.633. The standard InChI is InChI=1S/C12H17N3/c1-15-8-12(4-5-12)7-14-10-3-2-9(13)6-11(10)15/h2-3,6,14H,4-5,7-8,13H2,1H3. The van der Waals surface area contributed by atoms with Crippen LogP contribution in [-0.4, -0.2) is 20.1 Å². The van der Waals surface area contributed by atoms with Gasteiger partial charge < -0.3 is 16.0 Å². The van der Waals surface area contributed by atoms with E-state index in [1.807, 2.05) is 6.07 Å². The fourth-order valence-electron chi connectivity index (χ4n) is 2.45. The minimum Gasteiger partial charge on any atom is -0.399 e. The Morgan fingerprint density at radius 1 is 1.40 bits per heavy atom. The Hall–Kier alpha value is -1.38. The Balaban J connectivity index is 2.00. The number of nitrogens with zero attached hydrogens (tertiary/aromatic N) is 1. The van der Waals surface area contributed by atoms with E-state index in [-0.39, 0.29) is 0 Å². The number of fused-ring (bicyclic) bond motifs is 1. The van der Waals surface area contributed by atoms with Gasteiger partial charge in [0.2, 0.25) is 0 Å². The number of nitrogens with two attached hydrogens (primary N) is 1. The molecule has 80 valence electrons. The minimum absolute atomic E-state index is 0.530. The Labute approximate surface area is 90.3 Å². The molecule has 0 radical (unpaired) electrons. The summed E-state index contributed by atoms with van der Waals surface area (Å²) in [7, 11) is 2.16. The molecule has 0 bridgehead atoms. The molecule has 0 saturated heterocycles. The minimum atomic E-state index is 0.530. The van der Waals surface area contributed by atoms with Crippen LogP contribution in [0, 0.1) is 5.41 Å². The van der Waals surface area contributed by atoms with Crippen molar-refractivity contribution in [3.63, 3.8) is 0 Å².